The predicted octanol–water partition coefficient (Wildman–Crippen LogP) is 6.01. The Morgan fingerprint density at radius 3 is 2.57 bits per heavy atom. The third kappa shape index (κ3) is 6.99. The zero-order valence-electron chi connectivity index (χ0n) is 20.6. The van der Waals surface area contributed by atoms with Gasteiger partial charge in [-0.1, -0.05) is 36.7 Å². The summed E-state index contributed by atoms with van der Waals surface area (Å²) in [4.78, 5) is 32.6. The Morgan fingerprint density at radius 1 is 1.29 bits per heavy atom. The van der Waals surface area contributed by atoms with Crippen molar-refractivity contribution < 1.29 is 22.8 Å². The largest absolute Gasteiger partial charge is 0.417 e. The second-order valence-corrected chi connectivity index (χ2v) is 16.0. The van der Waals surface area contributed by atoms with Gasteiger partial charge in [0.1, 0.15) is 5.82 Å². The normalized spacial score (nSPS) is 15.1. The number of H-pyrrole nitrogens is 1. The molecule has 3 rings (SSSR count). The van der Waals surface area contributed by atoms with Crippen LogP contribution >= 0.6 is 15.9 Å². The maximum absolute atomic E-state index is 14.7. The van der Waals surface area contributed by atoms with Gasteiger partial charge in [0, 0.05) is 17.3 Å². The molecule has 1 amide bonds. The molecule has 1 saturated carbocycles. The lowest BCUT2D eigenvalue weighted by Crippen LogP contribution is -2.41. The lowest BCUT2D eigenvalue weighted by molar-refractivity contribution is -0.0349. The summed E-state index contributed by atoms with van der Waals surface area (Å²) >= 11 is 3.15. The smallest absolute Gasteiger partial charge is 0.286 e. The summed E-state index contributed by atoms with van der Waals surface area (Å²) in [5.41, 5.74) is 0.580. The highest BCUT2D eigenvalue weighted by atomic mass is 79.9. The van der Waals surface area contributed by atoms with Crippen LogP contribution in [0.2, 0.25) is 18.1 Å². The van der Waals surface area contributed by atoms with Gasteiger partial charge in [-0.15, -0.1) is 0 Å². The number of carbonyl (C=O) groups is 1. The van der Waals surface area contributed by atoms with Crippen molar-refractivity contribution in [2.75, 3.05) is 11.9 Å². The van der Waals surface area contributed by atoms with Crippen molar-refractivity contribution in [1.82, 2.24) is 10.5 Å². The van der Waals surface area contributed by atoms with E-state index in [1.54, 1.807) is 6.07 Å². The van der Waals surface area contributed by atoms with Crippen LogP contribution in [0.1, 0.15) is 50.4 Å². The van der Waals surface area contributed by atoms with Crippen molar-refractivity contribution in [2.45, 2.75) is 64.3 Å². The number of benzene rings is 1. The van der Waals surface area contributed by atoms with Crippen LogP contribution in [0.5, 0.6) is 0 Å². The molecule has 1 aromatic heterocycles. The molecule has 0 bridgehead atoms. The summed E-state index contributed by atoms with van der Waals surface area (Å²) < 4.78 is 35.7. The quantitative estimate of drug-likeness (QED) is 0.240. The molecule has 1 aliphatic carbocycles. The zero-order valence-corrected chi connectivity index (χ0v) is 23.1. The number of aromatic nitrogens is 1. The minimum atomic E-state index is -1.91. The van der Waals surface area contributed by atoms with E-state index in [1.165, 1.54) is 12.1 Å². The monoisotopic (exact) mass is 571 g/mol. The number of aromatic amines is 1. The number of amides is 1. The number of anilines is 2. The molecule has 1 unspecified atom stereocenters. The first kappa shape index (κ1) is 27.5. The van der Waals surface area contributed by atoms with Gasteiger partial charge in [-0.3, -0.25) is 14.4 Å². The number of hydrogen-bond acceptors (Lipinski definition) is 5. The Kier molecular flexibility index (Phi) is 8.56. The third-order valence-electron chi connectivity index (χ3n) is 6.59. The van der Waals surface area contributed by atoms with Crippen LogP contribution in [0.4, 0.5) is 20.2 Å². The molecule has 1 aliphatic rings. The molecule has 1 fully saturated rings. The van der Waals surface area contributed by atoms with E-state index in [0.29, 0.717) is 23.4 Å². The van der Waals surface area contributed by atoms with Crippen LogP contribution < -0.4 is 16.4 Å². The molecule has 1 aromatic carbocycles. The van der Waals surface area contributed by atoms with E-state index in [0.717, 1.165) is 19.0 Å². The van der Waals surface area contributed by atoms with Gasteiger partial charge in [0.15, 0.2) is 8.32 Å². The van der Waals surface area contributed by atoms with Crippen LogP contribution in [0.25, 0.3) is 0 Å². The van der Waals surface area contributed by atoms with Gasteiger partial charge in [0.25, 0.3) is 11.5 Å². The van der Waals surface area contributed by atoms with Crippen molar-refractivity contribution in [2.24, 2.45) is 5.92 Å². The number of halogens is 3. The topological polar surface area (TPSA) is 92.5 Å². The van der Waals surface area contributed by atoms with Crippen molar-refractivity contribution in [3.8, 4) is 0 Å². The first-order chi connectivity index (χ1) is 16.3. The van der Waals surface area contributed by atoms with Gasteiger partial charge in [-0.25, -0.2) is 9.87 Å². The number of rotatable bonds is 10. The van der Waals surface area contributed by atoms with E-state index < -0.39 is 37.1 Å². The van der Waals surface area contributed by atoms with E-state index in [2.05, 4.69) is 65.6 Å². The number of pyridine rings is 1. The maximum Gasteiger partial charge on any atom is 0.286 e. The maximum atomic E-state index is 14.7. The van der Waals surface area contributed by atoms with Gasteiger partial charge < -0.3 is 14.7 Å². The zero-order chi connectivity index (χ0) is 26.0. The molecule has 0 aliphatic heterocycles. The van der Waals surface area contributed by atoms with Gasteiger partial charge in [-0.2, -0.15) is 4.39 Å². The summed E-state index contributed by atoms with van der Waals surface area (Å²) in [6.07, 6.45) is 3.40. The van der Waals surface area contributed by atoms with Crippen LogP contribution in [0, 0.1) is 17.6 Å². The van der Waals surface area contributed by atoms with E-state index >= 15 is 0 Å². The molecule has 11 heteroatoms. The first-order valence-electron chi connectivity index (χ1n) is 11.5. The first-order valence-corrected chi connectivity index (χ1v) is 15.2. The van der Waals surface area contributed by atoms with Crippen molar-refractivity contribution in [1.29, 1.82) is 0 Å². The van der Waals surface area contributed by atoms with E-state index in [-0.39, 0.29) is 22.4 Å². The molecular weight excluding hydrogens is 540 g/mol. The standard InChI is InChI=1S/C24H32BrF2N3O4Si/c1-24(2,3)35(4,5)33-11-10-19(14-6-7-14)34-30-22(31)16-13-28-23(32)20(27)21(16)29-18-9-8-15(25)12-17(18)26/h8-9,12-14,19H,6-7,10-11H2,1-5H3,(H,30,31)(H2,28,29,32). The second kappa shape index (κ2) is 10.9. The number of hydroxylamine groups is 1. The number of hydrogen-bond donors (Lipinski definition) is 3. The Labute approximate surface area is 213 Å². The summed E-state index contributed by atoms with van der Waals surface area (Å²) in [5, 5.41) is 2.61. The molecule has 192 valence electrons. The number of nitrogens with one attached hydrogen (secondary N) is 3. The molecule has 3 N–H and O–H groups in total. The van der Waals surface area contributed by atoms with Crippen molar-refractivity contribution >= 4 is 41.5 Å². The van der Waals surface area contributed by atoms with Crippen LogP contribution in [0.3, 0.4) is 0 Å². The molecule has 2 aromatic rings. The summed E-state index contributed by atoms with van der Waals surface area (Å²) in [6, 6.07) is 4.09. The summed E-state index contributed by atoms with van der Waals surface area (Å²) in [5.74, 6) is -2.38. The van der Waals surface area contributed by atoms with E-state index in [1.807, 2.05) is 0 Å². The average molecular weight is 573 g/mol. The van der Waals surface area contributed by atoms with E-state index in [4.69, 9.17) is 9.26 Å². The second-order valence-electron chi connectivity index (χ2n) is 10.3. The molecule has 0 saturated heterocycles. The summed E-state index contributed by atoms with van der Waals surface area (Å²) in [7, 11) is -1.91. The Balaban J connectivity index is 1.69. The molecule has 0 spiro atoms. The Hall–Kier alpha value is -2.08. The number of carbonyl (C=O) groups excluding carboxylic acids is 1. The highest BCUT2D eigenvalue weighted by molar-refractivity contribution is 9.10. The Morgan fingerprint density at radius 2 is 1.97 bits per heavy atom. The van der Waals surface area contributed by atoms with Crippen molar-refractivity contribution in [3.63, 3.8) is 0 Å². The predicted molar refractivity (Wildman–Crippen MR) is 137 cm³/mol. The SMILES string of the molecule is CC(C)(C)[Si](C)(C)OCCC(ONC(=O)c1c[nH]c(=O)c(F)c1Nc1ccc(Br)cc1F)C1CC1. The van der Waals surface area contributed by atoms with Crippen molar-refractivity contribution in [3.05, 3.63) is 56.4 Å². The minimum Gasteiger partial charge on any atom is -0.417 e. The highest BCUT2D eigenvalue weighted by Gasteiger charge is 2.38. The molecular formula is C24H32BrF2N3O4Si. The van der Waals surface area contributed by atoms with E-state index in [9.17, 15) is 18.4 Å². The fourth-order valence-electron chi connectivity index (χ4n) is 3.22. The molecule has 35 heavy (non-hydrogen) atoms. The molecule has 1 atom stereocenters. The van der Waals surface area contributed by atoms with Gasteiger partial charge in [0.2, 0.25) is 5.82 Å². The van der Waals surface area contributed by atoms with Gasteiger partial charge in [-0.05, 0) is 61.5 Å². The van der Waals surface area contributed by atoms with Crippen LogP contribution in [0.15, 0.2) is 33.7 Å². The molecule has 1 heterocycles. The third-order valence-corrected chi connectivity index (χ3v) is 11.6. The Bertz CT molecular complexity index is 1130. The minimum absolute atomic E-state index is 0.0865. The molecule has 7 nitrogen and oxygen atoms in total. The van der Waals surface area contributed by atoms with Gasteiger partial charge in [0.05, 0.1) is 23.0 Å². The highest BCUT2D eigenvalue weighted by Crippen LogP contribution is 2.38. The fourth-order valence-corrected chi connectivity index (χ4v) is 4.62. The lowest BCUT2D eigenvalue weighted by atomic mass is 10.2. The lowest BCUT2D eigenvalue weighted by Gasteiger charge is -2.36. The molecule has 0 radical (unpaired) electrons. The van der Waals surface area contributed by atoms with Crippen LogP contribution in [-0.2, 0) is 9.26 Å². The average Bonchev–Trinajstić information content (AvgIpc) is 3.60. The van der Waals surface area contributed by atoms with Crippen LogP contribution in [-0.4, -0.2) is 31.9 Å². The summed E-state index contributed by atoms with van der Waals surface area (Å²) in [6.45, 7) is 11.4. The van der Waals surface area contributed by atoms with Gasteiger partial charge >= 0.3 is 0 Å². The fraction of sp³-hybridized carbons (Fsp3) is 0.500.